The molecule has 0 aliphatic carbocycles. The largest absolute Gasteiger partial charge is 0.495 e. The lowest BCUT2D eigenvalue weighted by Gasteiger charge is -2.04. The summed E-state index contributed by atoms with van der Waals surface area (Å²) < 4.78 is 15.8. The first kappa shape index (κ1) is 12.9. The predicted molar refractivity (Wildman–Crippen MR) is 73.3 cm³/mol. The summed E-state index contributed by atoms with van der Waals surface area (Å²) in [7, 11) is 1.58. The lowest BCUT2D eigenvalue weighted by molar-refractivity contribution is 0.185. The zero-order chi connectivity index (χ0) is 13.9. The van der Waals surface area contributed by atoms with E-state index < -0.39 is 0 Å². The van der Waals surface area contributed by atoms with Crippen molar-refractivity contribution in [2.75, 3.05) is 26.1 Å². The molecule has 0 radical (unpaired) electrons. The summed E-state index contributed by atoms with van der Waals surface area (Å²) in [6.07, 6.45) is 1.84. The molecule has 6 heteroatoms. The molecule has 1 aromatic carbocycles. The highest BCUT2D eigenvalue weighted by atomic mass is 16.5. The highest BCUT2D eigenvalue weighted by Crippen LogP contribution is 2.27. The summed E-state index contributed by atoms with van der Waals surface area (Å²) in [5.74, 6) is 2.32. The fraction of sp³-hybridized carbons (Fsp3) is 0.429. The number of ether oxygens (including phenoxy) is 2. The summed E-state index contributed by atoms with van der Waals surface area (Å²) in [6, 6.07) is 5.42. The number of hydrogen-bond donors (Lipinski definition) is 1. The van der Waals surface area contributed by atoms with Gasteiger partial charge in [-0.25, -0.2) is 0 Å². The predicted octanol–water partition coefficient (Wildman–Crippen LogP) is 1.91. The minimum Gasteiger partial charge on any atom is -0.495 e. The number of benzene rings is 1. The average Bonchev–Trinajstić information content (AvgIpc) is 3.11. The summed E-state index contributed by atoms with van der Waals surface area (Å²) in [4.78, 5) is 4.41. The maximum Gasteiger partial charge on any atom is 0.257 e. The fourth-order valence-electron chi connectivity index (χ4n) is 2.32. The Bertz CT molecular complexity index is 591. The molecule has 3 rings (SSSR count). The van der Waals surface area contributed by atoms with Crippen molar-refractivity contribution in [3.8, 4) is 17.2 Å². The van der Waals surface area contributed by atoms with E-state index in [1.54, 1.807) is 19.2 Å². The van der Waals surface area contributed by atoms with Crippen LogP contribution in [-0.2, 0) is 11.2 Å². The van der Waals surface area contributed by atoms with Crippen LogP contribution in [-0.4, -0.2) is 30.5 Å². The Morgan fingerprint density at radius 1 is 1.45 bits per heavy atom. The summed E-state index contributed by atoms with van der Waals surface area (Å²) in [6.45, 7) is 1.60. The fourth-order valence-corrected chi connectivity index (χ4v) is 2.32. The topological polar surface area (TPSA) is 83.4 Å². The molecule has 0 bridgehead atoms. The molecule has 0 amide bonds. The van der Waals surface area contributed by atoms with Crippen LogP contribution in [0.5, 0.6) is 5.75 Å². The van der Waals surface area contributed by atoms with E-state index in [1.165, 1.54) is 0 Å². The zero-order valence-electron chi connectivity index (χ0n) is 11.3. The number of nitrogens with zero attached hydrogens (tertiary/aromatic N) is 2. The van der Waals surface area contributed by atoms with E-state index in [0.29, 0.717) is 29.1 Å². The van der Waals surface area contributed by atoms with Crippen LogP contribution >= 0.6 is 0 Å². The van der Waals surface area contributed by atoms with Crippen molar-refractivity contribution >= 4 is 5.69 Å². The maximum absolute atomic E-state index is 5.88. The smallest absolute Gasteiger partial charge is 0.257 e. The molecule has 0 spiro atoms. The van der Waals surface area contributed by atoms with Crippen LogP contribution in [0.4, 0.5) is 5.69 Å². The van der Waals surface area contributed by atoms with Crippen LogP contribution in [0, 0.1) is 5.92 Å². The zero-order valence-corrected chi connectivity index (χ0v) is 11.3. The van der Waals surface area contributed by atoms with Crippen molar-refractivity contribution in [1.82, 2.24) is 10.1 Å². The van der Waals surface area contributed by atoms with Gasteiger partial charge in [0.05, 0.1) is 12.8 Å². The molecule has 20 heavy (non-hydrogen) atoms. The third-order valence-electron chi connectivity index (χ3n) is 3.44. The minimum atomic E-state index is 0.480. The van der Waals surface area contributed by atoms with Gasteiger partial charge in [-0.2, -0.15) is 4.98 Å². The molecule has 1 saturated heterocycles. The lowest BCUT2D eigenvalue weighted by Crippen LogP contribution is -2.04. The van der Waals surface area contributed by atoms with Crippen LogP contribution in [0.25, 0.3) is 11.5 Å². The number of anilines is 1. The van der Waals surface area contributed by atoms with Crippen LogP contribution in [0.3, 0.4) is 0 Å². The first-order valence-electron chi connectivity index (χ1n) is 6.60. The minimum absolute atomic E-state index is 0.480. The number of rotatable bonds is 4. The molecule has 1 unspecified atom stereocenters. The highest BCUT2D eigenvalue weighted by molar-refractivity contribution is 5.65. The Morgan fingerprint density at radius 3 is 3.05 bits per heavy atom. The van der Waals surface area contributed by atoms with Crippen molar-refractivity contribution in [3.05, 3.63) is 24.0 Å². The van der Waals surface area contributed by atoms with Gasteiger partial charge in [0.1, 0.15) is 5.75 Å². The first-order valence-corrected chi connectivity index (χ1v) is 6.60. The Labute approximate surface area is 116 Å². The van der Waals surface area contributed by atoms with Gasteiger partial charge < -0.3 is 19.7 Å². The van der Waals surface area contributed by atoms with Gasteiger partial charge in [-0.3, -0.25) is 0 Å². The maximum atomic E-state index is 5.88. The molecular weight excluding hydrogens is 258 g/mol. The van der Waals surface area contributed by atoms with Crippen molar-refractivity contribution < 1.29 is 14.0 Å². The number of hydrogen-bond acceptors (Lipinski definition) is 6. The van der Waals surface area contributed by atoms with Crippen molar-refractivity contribution in [1.29, 1.82) is 0 Å². The Kier molecular flexibility index (Phi) is 3.56. The Morgan fingerprint density at radius 2 is 2.35 bits per heavy atom. The number of aromatic nitrogens is 2. The van der Waals surface area contributed by atoms with E-state index in [4.69, 9.17) is 19.7 Å². The Hall–Kier alpha value is -2.08. The number of nitrogen functional groups attached to an aromatic ring is 1. The van der Waals surface area contributed by atoms with Crippen molar-refractivity contribution in [2.24, 2.45) is 5.92 Å². The second-order valence-electron chi connectivity index (χ2n) is 4.91. The molecule has 2 aromatic rings. The standard InChI is InChI=1S/C14H17N3O3/c1-18-12-3-2-10(7-11(12)15)14-16-13(17-20-14)6-9-4-5-19-8-9/h2-3,7,9H,4-6,8,15H2,1H3. The lowest BCUT2D eigenvalue weighted by atomic mass is 10.1. The van der Waals surface area contributed by atoms with Gasteiger partial charge in [0.25, 0.3) is 5.89 Å². The van der Waals surface area contributed by atoms with Gasteiger partial charge in [0, 0.05) is 25.2 Å². The molecule has 1 atom stereocenters. The summed E-state index contributed by atoms with van der Waals surface area (Å²) in [5, 5.41) is 4.01. The molecular formula is C14H17N3O3. The van der Waals surface area contributed by atoms with Gasteiger partial charge in [-0.15, -0.1) is 0 Å². The second-order valence-corrected chi connectivity index (χ2v) is 4.91. The molecule has 1 fully saturated rings. The first-order chi connectivity index (χ1) is 9.76. The monoisotopic (exact) mass is 275 g/mol. The van der Waals surface area contributed by atoms with Crippen LogP contribution in [0.1, 0.15) is 12.2 Å². The molecule has 1 aliphatic heterocycles. The second kappa shape index (κ2) is 5.50. The van der Waals surface area contributed by atoms with E-state index in [0.717, 1.165) is 31.6 Å². The molecule has 6 nitrogen and oxygen atoms in total. The number of methoxy groups -OCH3 is 1. The van der Waals surface area contributed by atoms with E-state index in [1.807, 2.05) is 6.07 Å². The van der Waals surface area contributed by atoms with Gasteiger partial charge in [-0.1, -0.05) is 5.16 Å². The van der Waals surface area contributed by atoms with E-state index in [-0.39, 0.29) is 0 Å². The summed E-state index contributed by atoms with van der Waals surface area (Å²) in [5.41, 5.74) is 7.22. The van der Waals surface area contributed by atoms with Gasteiger partial charge >= 0.3 is 0 Å². The SMILES string of the molecule is COc1ccc(-c2nc(CC3CCOC3)no2)cc1N. The molecule has 106 valence electrons. The third kappa shape index (κ3) is 2.60. The quantitative estimate of drug-likeness (QED) is 0.858. The van der Waals surface area contributed by atoms with Crippen molar-refractivity contribution in [3.63, 3.8) is 0 Å². The van der Waals surface area contributed by atoms with Crippen LogP contribution in [0.2, 0.25) is 0 Å². The highest BCUT2D eigenvalue weighted by Gasteiger charge is 2.19. The van der Waals surface area contributed by atoms with Crippen LogP contribution < -0.4 is 10.5 Å². The molecule has 0 saturated carbocycles. The average molecular weight is 275 g/mol. The Balaban J connectivity index is 1.77. The van der Waals surface area contributed by atoms with Gasteiger partial charge in [0.2, 0.25) is 0 Å². The van der Waals surface area contributed by atoms with E-state index in [2.05, 4.69) is 10.1 Å². The van der Waals surface area contributed by atoms with Crippen LogP contribution in [0.15, 0.2) is 22.7 Å². The van der Waals surface area contributed by atoms with E-state index >= 15 is 0 Å². The third-order valence-corrected chi connectivity index (χ3v) is 3.44. The normalized spacial score (nSPS) is 18.4. The molecule has 1 aliphatic rings. The van der Waals surface area contributed by atoms with E-state index in [9.17, 15) is 0 Å². The van der Waals surface area contributed by atoms with Crippen molar-refractivity contribution in [2.45, 2.75) is 12.8 Å². The number of nitrogens with two attached hydrogens (primary N) is 1. The summed E-state index contributed by atoms with van der Waals surface area (Å²) >= 11 is 0. The molecule has 2 heterocycles. The molecule has 2 N–H and O–H groups in total. The van der Waals surface area contributed by atoms with Gasteiger partial charge in [-0.05, 0) is 30.5 Å². The molecule has 1 aromatic heterocycles. The van der Waals surface area contributed by atoms with Gasteiger partial charge in [0.15, 0.2) is 5.82 Å².